The minimum absolute atomic E-state index is 0.0192. The Morgan fingerprint density at radius 3 is 2.89 bits per heavy atom. The number of amides is 1. The zero-order valence-corrected chi connectivity index (χ0v) is 16.3. The van der Waals surface area contributed by atoms with E-state index in [0.29, 0.717) is 0 Å². The molecule has 1 atom stereocenters. The number of carbonyl (C=O) groups is 1. The first-order valence-electron chi connectivity index (χ1n) is 9.76. The molecule has 1 aliphatic rings. The van der Waals surface area contributed by atoms with Gasteiger partial charge in [-0.15, -0.1) is 0 Å². The van der Waals surface area contributed by atoms with Crippen LogP contribution in [0.3, 0.4) is 0 Å². The minimum atomic E-state index is 0.0192. The van der Waals surface area contributed by atoms with Gasteiger partial charge in [-0.3, -0.25) is 9.89 Å². The number of hydrogen-bond acceptors (Lipinski definition) is 3. The quantitative estimate of drug-likeness (QED) is 0.701. The summed E-state index contributed by atoms with van der Waals surface area (Å²) >= 11 is 0. The molecule has 1 fully saturated rings. The lowest BCUT2D eigenvalue weighted by molar-refractivity contribution is -0.120. The van der Waals surface area contributed by atoms with Crippen LogP contribution in [0.1, 0.15) is 24.5 Å². The molecule has 0 saturated carbocycles. The van der Waals surface area contributed by atoms with Crippen LogP contribution in [-0.4, -0.2) is 29.8 Å². The Morgan fingerprint density at radius 1 is 1.25 bits per heavy atom. The number of nitrogens with zero attached hydrogens (tertiary/aromatic N) is 2. The fourth-order valence-electron chi connectivity index (χ4n) is 3.99. The summed E-state index contributed by atoms with van der Waals surface area (Å²) in [5.41, 5.74) is 5.60. The van der Waals surface area contributed by atoms with Crippen molar-refractivity contribution >= 4 is 11.6 Å². The number of carbonyl (C=O) groups excluding carboxylic acids is 1. The van der Waals surface area contributed by atoms with E-state index in [4.69, 9.17) is 4.74 Å². The van der Waals surface area contributed by atoms with Gasteiger partial charge in [-0.2, -0.15) is 5.10 Å². The van der Waals surface area contributed by atoms with Gasteiger partial charge in [0.25, 0.3) is 0 Å². The predicted molar refractivity (Wildman–Crippen MR) is 111 cm³/mol. The molecule has 0 aliphatic carbocycles. The Balaban J connectivity index is 1.53. The average Bonchev–Trinajstić information content (AvgIpc) is 3.38. The molecule has 2 heterocycles. The molecular weight excluding hydrogens is 350 g/mol. The summed E-state index contributed by atoms with van der Waals surface area (Å²) in [5, 5.41) is 6.92. The first-order chi connectivity index (χ1) is 13.7. The molecule has 1 saturated heterocycles. The molecule has 1 aromatic heterocycles. The average molecular weight is 375 g/mol. The largest absolute Gasteiger partial charge is 0.497 e. The van der Waals surface area contributed by atoms with Gasteiger partial charge in [0.2, 0.25) is 5.91 Å². The molecule has 144 valence electrons. The third-order valence-electron chi connectivity index (χ3n) is 5.52. The number of H-pyrrole nitrogens is 1. The van der Waals surface area contributed by atoms with Gasteiger partial charge < -0.3 is 9.64 Å². The lowest BCUT2D eigenvalue weighted by Crippen LogP contribution is -2.27. The molecule has 1 unspecified atom stereocenters. The van der Waals surface area contributed by atoms with Crippen LogP contribution in [0.15, 0.2) is 54.9 Å². The Bertz CT molecular complexity index is 966. The van der Waals surface area contributed by atoms with Crippen molar-refractivity contribution in [2.75, 3.05) is 18.6 Å². The van der Waals surface area contributed by atoms with Gasteiger partial charge in [-0.05, 0) is 60.2 Å². The second-order valence-electron chi connectivity index (χ2n) is 7.21. The first kappa shape index (κ1) is 18.3. The van der Waals surface area contributed by atoms with E-state index in [1.54, 1.807) is 7.11 Å². The van der Waals surface area contributed by atoms with Gasteiger partial charge in [0.05, 0.1) is 13.3 Å². The molecule has 1 aliphatic heterocycles. The lowest BCUT2D eigenvalue weighted by atomic mass is 9.97. The Kier molecular flexibility index (Phi) is 5.15. The maximum absolute atomic E-state index is 13.1. The van der Waals surface area contributed by atoms with E-state index in [9.17, 15) is 4.79 Å². The molecule has 2 aromatic carbocycles. The van der Waals surface area contributed by atoms with E-state index in [1.165, 1.54) is 11.1 Å². The second-order valence-corrected chi connectivity index (χ2v) is 7.21. The molecule has 5 heteroatoms. The Hall–Kier alpha value is -3.08. The van der Waals surface area contributed by atoms with Crippen molar-refractivity contribution in [3.05, 3.63) is 66.0 Å². The van der Waals surface area contributed by atoms with Crippen LogP contribution < -0.4 is 9.64 Å². The van der Waals surface area contributed by atoms with Gasteiger partial charge in [-0.25, -0.2) is 0 Å². The maximum Gasteiger partial charge on any atom is 0.230 e. The van der Waals surface area contributed by atoms with E-state index in [1.807, 2.05) is 41.6 Å². The summed E-state index contributed by atoms with van der Waals surface area (Å²) in [4.78, 5) is 15.0. The van der Waals surface area contributed by atoms with E-state index in [0.717, 1.165) is 48.4 Å². The Labute approximate surface area is 165 Å². The zero-order valence-electron chi connectivity index (χ0n) is 16.3. The van der Waals surface area contributed by atoms with Crippen molar-refractivity contribution in [2.24, 2.45) is 5.92 Å². The minimum Gasteiger partial charge on any atom is -0.497 e. The first-order valence-corrected chi connectivity index (χ1v) is 9.76. The number of hydrogen-bond donors (Lipinski definition) is 1. The van der Waals surface area contributed by atoms with Crippen LogP contribution in [0.25, 0.3) is 11.1 Å². The third kappa shape index (κ3) is 3.52. The summed E-state index contributed by atoms with van der Waals surface area (Å²) in [6.45, 7) is 2.90. The molecule has 0 spiro atoms. The van der Waals surface area contributed by atoms with Crippen molar-refractivity contribution in [3.63, 3.8) is 0 Å². The van der Waals surface area contributed by atoms with E-state index < -0.39 is 0 Å². The Morgan fingerprint density at radius 2 is 2.14 bits per heavy atom. The summed E-state index contributed by atoms with van der Waals surface area (Å²) < 4.78 is 5.30. The van der Waals surface area contributed by atoms with Crippen LogP contribution >= 0.6 is 0 Å². The highest BCUT2D eigenvalue weighted by atomic mass is 16.5. The van der Waals surface area contributed by atoms with Crippen molar-refractivity contribution in [1.82, 2.24) is 10.2 Å². The standard InChI is InChI=1S/C23H25N3O2/c1-3-17-13-20(7-8-22(17)19-14-24-25-15-19)26-10-9-18(23(26)27)11-16-5-4-6-21(12-16)28-2/h4-8,12-15,18H,3,9-11H2,1-2H3,(H,24,25). The molecule has 0 bridgehead atoms. The highest BCUT2D eigenvalue weighted by Gasteiger charge is 2.32. The molecule has 5 nitrogen and oxygen atoms in total. The molecular formula is C23H25N3O2. The number of nitrogens with one attached hydrogen (secondary N) is 1. The number of methoxy groups -OCH3 is 1. The van der Waals surface area contributed by atoms with Gasteiger partial charge in [0, 0.05) is 29.9 Å². The monoisotopic (exact) mass is 375 g/mol. The van der Waals surface area contributed by atoms with Crippen LogP contribution in [0, 0.1) is 5.92 Å². The predicted octanol–water partition coefficient (Wildman–Crippen LogP) is 4.24. The number of anilines is 1. The summed E-state index contributed by atoms with van der Waals surface area (Å²) in [5.74, 6) is 1.06. The van der Waals surface area contributed by atoms with Crippen LogP contribution in [0.4, 0.5) is 5.69 Å². The molecule has 0 radical (unpaired) electrons. The number of aromatic nitrogens is 2. The van der Waals surface area contributed by atoms with Crippen LogP contribution in [0.2, 0.25) is 0 Å². The normalized spacial score (nSPS) is 16.6. The summed E-state index contributed by atoms with van der Waals surface area (Å²) in [6.07, 6.45) is 6.27. The van der Waals surface area contributed by atoms with E-state index >= 15 is 0 Å². The van der Waals surface area contributed by atoms with Crippen LogP contribution in [0.5, 0.6) is 5.75 Å². The third-order valence-corrected chi connectivity index (χ3v) is 5.52. The van der Waals surface area contributed by atoms with Gasteiger partial charge >= 0.3 is 0 Å². The highest BCUT2D eigenvalue weighted by molar-refractivity contribution is 5.97. The van der Waals surface area contributed by atoms with Crippen molar-refractivity contribution in [1.29, 1.82) is 0 Å². The highest BCUT2D eigenvalue weighted by Crippen LogP contribution is 2.32. The van der Waals surface area contributed by atoms with Crippen LogP contribution in [-0.2, 0) is 17.6 Å². The zero-order chi connectivity index (χ0) is 19.5. The summed E-state index contributed by atoms with van der Waals surface area (Å²) in [6, 6.07) is 14.3. The van der Waals surface area contributed by atoms with E-state index in [-0.39, 0.29) is 11.8 Å². The van der Waals surface area contributed by atoms with Crippen molar-refractivity contribution in [3.8, 4) is 16.9 Å². The lowest BCUT2D eigenvalue weighted by Gasteiger charge is -2.19. The van der Waals surface area contributed by atoms with Gasteiger partial charge in [0.15, 0.2) is 0 Å². The molecule has 1 amide bonds. The molecule has 3 aromatic rings. The molecule has 4 rings (SSSR count). The number of ether oxygens (including phenoxy) is 1. The number of aryl methyl sites for hydroxylation is 1. The second kappa shape index (κ2) is 7.89. The van der Waals surface area contributed by atoms with E-state index in [2.05, 4.69) is 35.3 Å². The SMILES string of the molecule is CCc1cc(N2CCC(Cc3cccc(OC)c3)C2=O)ccc1-c1cn[nH]c1. The number of aromatic amines is 1. The molecule has 28 heavy (non-hydrogen) atoms. The fourth-order valence-corrected chi connectivity index (χ4v) is 3.99. The smallest absolute Gasteiger partial charge is 0.230 e. The van der Waals surface area contributed by atoms with Crippen molar-refractivity contribution < 1.29 is 9.53 Å². The molecule has 1 N–H and O–H groups in total. The van der Waals surface area contributed by atoms with Crippen molar-refractivity contribution in [2.45, 2.75) is 26.2 Å². The number of benzene rings is 2. The summed E-state index contributed by atoms with van der Waals surface area (Å²) in [7, 11) is 1.67. The fraction of sp³-hybridized carbons (Fsp3) is 0.304. The van der Waals surface area contributed by atoms with Gasteiger partial charge in [-0.1, -0.05) is 25.1 Å². The maximum atomic E-state index is 13.1. The topological polar surface area (TPSA) is 58.2 Å². The van der Waals surface area contributed by atoms with Gasteiger partial charge in [0.1, 0.15) is 5.75 Å². The number of rotatable bonds is 6.